The van der Waals surface area contributed by atoms with Gasteiger partial charge < -0.3 is 40.5 Å². The number of nitrogens with two attached hydrogens (primary N) is 1. The molecule has 2 aliphatic rings. The van der Waals surface area contributed by atoms with E-state index >= 15 is 0 Å². The number of anilines is 3. The Balaban J connectivity index is 0.00000114. The number of carboxylic acids is 2. The van der Waals surface area contributed by atoms with Crippen LogP contribution >= 0.6 is 0 Å². The minimum atomic E-state index is -1.31. The van der Waals surface area contributed by atoms with E-state index in [-0.39, 0.29) is 63.8 Å². The van der Waals surface area contributed by atoms with Crippen LogP contribution in [-0.4, -0.2) is 58.3 Å². The molecule has 0 bridgehead atoms. The Morgan fingerprint density at radius 2 is 1.24 bits per heavy atom. The van der Waals surface area contributed by atoms with Crippen LogP contribution < -0.4 is 21.8 Å². The van der Waals surface area contributed by atoms with Crippen molar-refractivity contribution < 1.29 is 43.3 Å². The molecule has 334 valence electrons. The SMILES string of the molecule is C=CC.C=CC.COC(=O)c1ccc2cccc(NCc3c4oc5c(CNc6cccc7ccc(C(=O)OC)nc67)c(N)ccc5c(-c5cc(C(=O)O)ccc5C(=O)O)c-4ccc3=O)c2n1. The largest absolute Gasteiger partial charge is 0.478 e. The van der Waals surface area contributed by atoms with Crippen LogP contribution in [-0.2, 0) is 22.6 Å². The summed E-state index contributed by atoms with van der Waals surface area (Å²) in [5, 5.41) is 28.8. The van der Waals surface area contributed by atoms with Crippen molar-refractivity contribution in [3.63, 3.8) is 0 Å². The van der Waals surface area contributed by atoms with E-state index in [0.29, 0.717) is 49.9 Å². The first kappa shape index (κ1) is 46.6. The van der Waals surface area contributed by atoms with E-state index in [0.717, 1.165) is 5.39 Å². The number of carbonyl (C=O) groups excluding carboxylic acids is 2. The van der Waals surface area contributed by atoms with E-state index in [1.54, 1.807) is 66.7 Å². The molecule has 6 aromatic rings. The molecule has 0 saturated carbocycles. The Kier molecular flexibility index (Phi) is 14.5. The van der Waals surface area contributed by atoms with Gasteiger partial charge in [0.15, 0.2) is 5.43 Å². The lowest BCUT2D eigenvalue weighted by atomic mass is 9.87. The van der Waals surface area contributed by atoms with Crippen molar-refractivity contribution >= 4 is 73.7 Å². The predicted octanol–water partition coefficient (Wildman–Crippen LogP) is 9.82. The molecule has 1 aliphatic carbocycles. The van der Waals surface area contributed by atoms with Crippen LogP contribution in [0.5, 0.6) is 0 Å². The van der Waals surface area contributed by atoms with Crippen LogP contribution in [0.1, 0.15) is 66.7 Å². The number of fused-ring (bicyclic) bond motifs is 4. The number of hydrogen-bond donors (Lipinski definition) is 5. The lowest BCUT2D eigenvalue weighted by Gasteiger charge is -2.22. The summed E-state index contributed by atoms with van der Waals surface area (Å²) in [6, 6.07) is 27.2. The number of benzene rings is 5. The van der Waals surface area contributed by atoms with E-state index < -0.39 is 29.3 Å². The van der Waals surface area contributed by atoms with E-state index in [1.165, 1.54) is 44.6 Å². The molecule has 0 spiro atoms. The van der Waals surface area contributed by atoms with E-state index in [1.807, 2.05) is 32.0 Å². The third-order valence-electron chi connectivity index (χ3n) is 10.2. The van der Waals surface area contributed by atoms with Gasteiger partial charge in [0, 0.05) is 51.6 Å². The summed E-state index contributed by atoms with van der Waals surface area (Å²) in [4.78, 5) is 72.6. The number of aromatic nitrogens is 2. The summed E-state index contributed by atoms with van der Waals surface area (Å²) in [5.41, 5.74) is 9.74. The van der Waals surface area contributed by atoms with Gasteiger partial charge in [0.05, 0.1) is 53.3 Å². The lowest BCUT2D eigenvalue weighted by molar-refractivity contribution is 0.0586. The third kappa shape index (κ3) is 9.55. The molecule has 1 aliphatic heterocycles. The highest BCUT2D eigenvalue weighted by atomic mass is 16.5. The number of hydrogen-bond acceptors (Lipinski definition) is 13. The standard InChI is InChI=1S/C45H33N5O10.2C3H6/c1-58-44(56)34-16-10-22-5-3-7-32(38(22)49-34)47-20-29-31(46)15-13-26-37(28-19-24(42(52)53)9-12-25(28)43(54)55)27-14-18-36(51)30(41(27)60-40(26)29)21-48-33-8-4-6-23-11-17-35(45(57)59-2)50-39(23)33;2*1-3-2/h3-19,47-48H,20-21,46H2,1-2H3,(H,52,53)(H,54,55);2*3H,1H2,2H3. The molecule has 15 heteroatoms. The number of esters is 2. The lowest BCUT2D eigenvalue weighted by Crippen LogP contribution is -2.16. The van der Waals surface area contributed by atoms with Crippen molar-refractivity contribution in [2.45, 2.75) is 26.9 Å². The Labute approximate surface area is 378 Å². The highest BCUT2D eigenvalue weighted by molar-refractivity contribution is 6.10. The van der Waals surface area contributed by atoms with Gasteiger partial charge in [-0.3, -0.25) is 4.79 Å². The molecular formula is C51H45N5O10. The van der Waals surface area contributed by atoms with Crippen LogP contribution in [0.15, 0.2) is 138 Å². The summed E-state index contributed by atoms with van der Waals surface area (Å²) in [6.45, 7) is 10.4. The molecular weight excluding hydrogens is 843 g/mol. The van der Waals surface area contributed by atoms with Gasteiger partial charge in [0.25, 0.3) is 0 Å². The van der Waals surface area contributed by atoms with Crippen molar-refractivity contribution in [2.75, 3.05) is 30.6 Å². The van der Waals surface area contributed by atoms with Gasteiger partial charge in [-0.2, -0.15) is 0 Å². The highest BCUT2D eigenvalue weighted by Gasteiger charge is 2.27. The number of allylic oxidation sites excluding steroid dienone is 2. The first-order chi connectivity index (χ1) is 31.8. The smallest absolute Gasteiger partial charge is 0.356 e. The zero-order valence-corrected chi connectivity index (χ0v) is 36.4. The van der Waals surface area contributed by atoms with Crippen LogP contribution in [0.2, 0.25) is 0 Å². The fraction of sp³-hybridized carbons (Fsp3) is 0.118. The van der Waals surface area contributed by atoms with Crippen LogP contribution in [0.4, 0.5) is 17.1 Å². The average Bonchev–Trinajstić information content (AvgIpc) is 3.32. The number of methoxy groups -OCH3 is 2. The number of nitrogens with one attached hydrogen (secondary N) is 2. The molecule has 0 amide bonds. The normalized spacial score (nSPS) is 10.5. The molecule has 8 rings (SSSR count). The second kappa shape index (κ2) is 20.6. The molecule has 4 aromatic carbocycles. The van der Waals surface area contributed by atoms with E-state index in [9.17, 15) is 34.2 Å². The number of rotatable bonds is 11. The van der Waals surface area contributed by atoms with Gasteiger partial charge in [-0.25, -0.2) is 29.1 Å². The molecule has 0 fully saturated rings. The number of para-hydroxylation sites is 2. The number of ether oxygens (including phenoxy) is 2. The van der Waals surface area contributed by atoms with Crippen molar-refractivity contribution in [2.24, 2.45) is 0 Å². The number of carboxylic acid groups (broad SMARTS) is 2. The van der Waals surface area contributed by atoms with Crippen LogP contribution in [0.25, 0.3) is 55.2 Å². The monoisotopic (exact) mass is 887 g/mol. The van der Waals surface area contributed by atoms with Crippen LogP contribution in [0.3, 0.4) is 0 Å². The molecule has 0 unspecified atom stereocenters. The maximum atomic E-state index is 13.9. The summed E-state index contributed by atoms with van der Waals surface area (Å²) >= 11 is 0. The van der Waals surface area contributed by atoms with Gasteiger partial charge in [0.1, 0.15) is 22.7 Å². The first-order valence-electron chi connectivity index (χ1n) is 20.3. The fourth-order valence-electron chi connectivity index (χ4n) is 7.22. The van der Waals surface area contributed by atoms with Crippen molar-refractivity contribution in [1.29, 1.82) is 0 Å². The van der Waals surface area contributed by atoms with Crippen molar-refractivity contribution in [1.82, 2.24) is 9.97 Å². The predicted molar refractivity (Wildman–Crippen MR) is 255 cm³/mol. The Hall–Kier alpha value is -8.85. The van der Waals surface area contributed by atoms with Crippen molar-refractivity contribution in [3.8, 4) is 22.5 Å². The number of aromatic carboxylic acids is 2. The minimum absolute atomic E-state index is 0.0245. The Morgan fingerprint density at radius 1 is 0.697 bits per heavy atom. The second-order valence-electron chi connectivity index (χ2n) is 14.4. The first-order valence-corrected chi connectivity index (χ1v) is 20.3. The Bertz CT molecular complexity index is 3230. The van der Waals surface area contributed by atoms with Gasteiger partial charge in [-0.05, 0) is 86.1 Å². The third-order valence-corrected chi connectivity index (χ3v) is 10.2. The van der Waals surface area contributed by atoms with E-state index in [4.69, 9.17) is 19.6 Å². The molecule has 15 nitrogen and oxygen atoms in total. The molecule has 0 radical (unpaired) electrons. The summed E-state index contributed by atoms with van der Waals surface area (Å²) in [7, 11) is 2.52. The van der Waals surface area contributed by atoms with Gasteiger partial charge in [-0.15, -0.1) is 13.2 Å². The maximum Gasteiger partial charge on any atom is 0.356 e. The average molecular weight is 888 g/mol. The summed E-state index contributed by atoms with van der Waals surface area (Å²) in [6.07, 6.45) is 3.50. The summed E-state index contributed by atoms with van der Waals surface area (Å²) < 4.78 is 16.5. The second-order valence-corrected chi connectivity index (χ2v) is 14.4. The molecule has 0 atom stereocenters. The molecule has 6 N–H and O–H groups in total. The van der Waals surface area contributed by atoms with Crippen LogP contribution in [0, 0.1) is 0 Å². The van der Waals surface area contributed by atoms with Crippen molar-refractivity contribution in [3.05, 3.63) is 172 Å². The maximum absolute atomic E-state index is 13.9. The topological polar surface area (TPSA) is 233 Å². The molecule has 0 saturated heterocycles. The fourth-order valence-corrected chi connectivity index (χ4v) is 7.22. The quantitative estimate of drug-likeness (QED) is 0.0352. The van der Waals surface area contributed by atoms with Gasteiger partial charge >= 0.3 is 23.9 Å². The molecule has 3 heterocycles. The van der Waals surface area contributed by atoms with Gasteiger partial charge in [-0.1, -0.05) is 48.6 Å². The van der Waals surface area contributed by atoms with Gasteiger partial charge in [0.2, 0.25) is 0 Å². The number of nitrogens with zero attached hydrogens (tertiary/aromatic N) is 2. The minimum Gasteiger partial charge on any atom is -0.478 e. The molecule has 66 heavy (non-hydrogen) atoms. The zero-order chi connectivity index (χ0) is 47.7. The summed E-state index contributed by atoms with van der Waals surface area (Å²) in [5.74, 6) is -3.74. The number of carbonyl (C=O) groups is 4. The number of nitrogen functional groups attached to an aromatic ring is 1. The number of pyridine rings is 2. The zero-order valence-electron chi connectivity index (χ0n) is 36.4. The van der Waals surface area contributed by atoms with E-state index in [2.05, 4.69) is 33.8 Å². The Morgan fingerprint density at radius 3 is 1.76 bits per heavy atom. The highest BCUT2D eigenvalue weighted by Crippen LogP contribution is 2.45. The molecule has 2 aromatic heterocycles.